The molecule has 0 aliphatic heterocycles. The van der Waals surface area contributed by atoms with Gasteiger partial charge in [0.15, 0.2) is 0 Å². The Morgan fingerprint density at radius 2 is 2.05 bits per heavy atom. The van der Waals surface area contributed by atoms with E-state index in [9.17, 15) is 4.79 Å². The van der Waals surface area contributed by atoms with Crippen LogP contribution in [-0.4, -0.2) is 12.6 Å². The van der Waals surface area contributed by atoms with Gasteiger partial charge in [-0.25, -0.2) is 4.79 Å². The highest BCUT2D eigenvalue weighted by Crippen LogP contribution is 2.21. The van der Waals surface area contributed by atoms with Crippen molar-refractivity contribution in [3.05, 3.63) is 48.6 Å². The zero-order valence-corrected chi connectivity index (χ0v) is 11.8. The van der Waals surface area contributed by atoms with Gasteiger partial charge in [-0.05, 0) is 23.8 Å². The number of alkyl carbamates (subject to hydrolysis) is 1. The Morgan fingerprint density at radius 3 is 2.68 bits per heavy atom. The molecule has 1 aromatic carbocycles. The Hall–Kier alpha value is -1.77. The van der Waals surface area contributed by atoms with Gasteiger partial charge in [-0.1, -0.05) is 50.3 Å². The van der Waals surface area contributed by atoms with Crippen LogP contribution in [0.4, 0.5) is 4.79 Å². The maximum absolute atomic E-state index is 11.6. The van der Waals surface area contributed by atoms with Crippen LogP contribution in [0.3, 0.4) is 0 Å². The van der Waals surface area contributed by atoms with Crippen molar-refractivity contribution in [2.75, 3.05) is 6.54 Å². The minimum Gasteiger partial charge on any atom is -0.445 e. The molecule has 3 heteroatoms. The van der Waals surface area contributed by atoms with E-state index in [-0.39, 0.29) is 11.5 Å². The normalized spacial score (nSPS) is 10.8. The lowest BCUT2D eigenvalue weighted by molar-refractivity contribution is 0.134. The number of benzene rings is 1. The van der Waals surface area contributed by atoms with Gasteiger partial charge in [0.25, 0.3) is 0 Å². The Balaban J connectivity index is 2.26. The number of ether oxygens (including phenoxy) is 1. The van der Waals surface area contributed by atoms with Crippen LogP contribution in [0.25, 0.3) is 0 Å². The molecule has 0 unspecified atom stereocenters. The van der Waals surface area contributed by atoms with Crippen molar-refractivity contribution in [3.63, 3.8) is 0 Å². The molecule has 0 radical (unpaired) electrons. The third-order valence-corrected chi connectivity index (χ3v) is 2.95. The fraction of sp³-hybridized carbons (Fsp3) is 0.438. The largest absolute Gasteiger partial charge is 0.445 e. The maximum atomic E-state index is 11.6. The number of carbonyl (C=O) groups excluding carboxylic acids is 1. The van der Waals surface area contributed by atoms with E-state index in [0.29, 0.717) is 13.2 Å². The molecule has 0 bridgehead atoms. The fourth-order valence-electron chi connectivity index (χ4n) is 1.67. The van der Waals surface area contributed by atoms with Crippen molar-refractivity contribution in [3.8, 4) is 0 Å². The van der Waals surface area contributed by atoms with Crippen LogP contribution in [-0.2, 0) is 11.3 Å². The van der Waals surface area contributed by atoms with Crippen LogP contribution in [0.2, 0.25) is 0 Å². The molecule has 0 heterocycles. The zero-order chi connectivity index (χ0) is 14.1. The number of carbonyl (C=O) groups is 1. The first kappa shape index (κ1) is 15.3. The molecule has 1 N–H and O–H groups in total. The SMILES string of the molecule is C=CCCC(C)(C)CNC(=O)OCc1ccccc1. The molecule has 3 nitrogen and oxygen atoms in total. The van der Waals surface area contributed by atoms with Crippen LogP contribution >= 0.6 is 0 Å². The number of allylic oxidation sites excluding steroid dienone is 1. The molecule has 1 amide bonds. The average Bonchev–Trinajstić information content (AvgIpc) is 2.42. The summed E-state index contributed by atoms with van der Waals surface area (Å²) in [6, 6.07) is 9.65. The lowest BCUT2D eigenvalue weighted by Gasteiger charge is -2.24. The van der Waals surface area contributed by atoms with Crippen molar-refractivity contribution in [1.82, 2.24) is 5.32 Å². The van der Waals surface area contributed by atoms with Gasteiger partial charge in [-0.15, -0.1) is 6.58 Å². The summed E-state index contributed by atoms with van der Waals surface area (Å²) in [6.45, 7) is 8.86. The van der Waals surface area contributed by atoms with E-state index < -0.39 is 0 Å². The van der Waals surface area contributed by atoms with Gasteiger partial charge in [-0.3, -0.25) is 0 Å². The third-order valence-electron chi connectivity index (χ3n) is 2.95. The second-order valence-corrected chi connectivity index (χ2v) is 5.41. The molecule has 104 valence electrons. The predicted octanol–water partition coefficient (Wildman–Crippen LogP) is 3.91. The Bertz CT molecular complexity index is 398. The lowest BCUT2D eigenvalue weighted by atomic mass is 9.88. The minimum absolute atomic E-state index is 0.0555. The van der Waals surface area contributed by atoms with E-state index in [1.807, 2.05) is 36.4 Å². The van der Waals surface area contributed by atoms with Crippen LogP contribution in [0, 0.1) is 5.41 Å². The van der Waals surface area contributed by atoms with Crippen LogP contribution in [0.15, 0.2) is 43.0 Å². The van der Waals surface area contributed by atoms with E-state index >= 15 is 0 Å². The Kier molecular flexibility index (Phi) is 6.13. The van der Waals surface area contributed by atoms with E-state index in [0.717, 1.165) is 18.4 Å². The molecule has 0 aliphatic carbocycles. The molecule has 0 atom stereocenters. The van der Waals surface area contributed by atoms with Gasteiger partial charge in [0.05, 0.1) is 0 Å². The van der Waals surface area contributed by atoms with Gasteiger partial charge in [0, 0.05) is 6.54 Å². The van der Waals surface area contributed by atoms with Gasteiger partial charge < -0.3 is 10.1 Å². The summed E-state index contributed by atoms with van der Waals surface area (Å²) >= 11 is 0. The number of nitrogens with one attached hydrogen (secondary N) is 1. The van der Waals surface area contributed by atoms with Crippen LogP contribution < -0.4 is 5.32 Å². The number of amides is 1. The average molecular weight is 261 g/mol. The first-order chi connectivity index (χ1) is 9.03. The first-order valence-electron chi connectivity index (χ1n) is 6.59. The number of hydrogen-bond donors (Lipinski definition) is 1. The van der Waals surface area contributed by atoms with Gasteiger partial charge >= 0.3 is 6.09 Å². The van der Waals surface area contributed by atoms with Crippen molar-refractivity contribution >= 4 is 6.09 Å². The summed E-state index contributed by atoms with van der Waals surface area (Å²) in [4.78, 5) is 11.6. The van der Waals surface area contributed by atoms with Crippen molar-refractivity contribution in [2.45, 2.75) is 33.3 Å². The molecule has 0 spiro atoms. The Labute approximate surface area is 115 Å². The highest BCUT2D eigenvalue weighted by atomic mass is 16.5. The molecule has 1 aromatic rings. The highest BCUT2D eigenvalue weighted by Gasteiger charge is 2.18. The Morgan fingerprint density at radius 1 is 1.37 bits per heavy atom. The predicted molar refractivity (Wildman–Crippen MR) is 77.8 cm³/mol. The molecule has 0 aromatic heterocycles. The molecular weight excluding hydrogens is 238 g/mol. The van der Waals surface area contributed by atoms with E-state index in [2.05, 4.69) is 25.7 Å². The maximum Gasteiger partial charge on any atom is 0.407 e. The number of rotatable bonds is 7. The van der Waals surface area contributed by atoms with E-state index in [1.54, 1.807) is 0 Å². The summed E-state index contributed by atoms with van der Waals surface area (Å²) in [5.74, 6) is 0. The first-order valence-corrected chi connectivity index (χ1v) is 6.59. The molecule has 0 saturated heterocycles. The highest BCUT2D eigenvalue weighted by molar-refractivity contribution is 5.67. The van der Waals surface area contributed by atoms with E-state index in [4.69, 9.17) is 4.74 Å². The second-order valence-electron chi connectivity index (χ2n) is 5.41. The summed E-state index contributed by atoms with van der Waals surface area (Å²) in [5, 5.41) is 2.81. The molecule has 0 aliphatic rings. The third kappa shape index (κ3) is 6.65. The molecule has 0 saturated carbocycles. The second kappa shape index (κ2) is 7.62. The van der Waals surface area contributed by atoms with Crippen LogP contribution in [0.5, 0.6) is 0 Å². The summed E-state index contributed by atoms with van der Waals surface area (Å²) in [5.41, 5.74) is 1.04. The summed E-state index contributed by atoms with van der Waals surface area (Å²) in [7, 11) is 0. The summed E-state index contributed by atoms with van der Waals surface area (Å²) < 4.78 is 5.16. The zero-order valence-electron chi connectivity index (χ0n) is 11.8. The number of hydrogen-bond acceptors (Lipinski definition) is 2. The quantitative estimate of drug-likeness (QED) is 0.756. The summed E-state index contributed by atoms with van der Waals surface area (Å²) in [6.07, 6.45) is 3.48. The van der Waals surface area contributed by atoms with Crippen molar-refractivity contribution in [2.24, 2.45) is 5.41 Å². The van der Waals surface area contributed by atoms with Gasteiger partial charge in [-0.2, -0.15) is 0 Å². The smallest absolute Gasteiger partial charge is 0.407 e. The monoisotopic (exact) mass is 261 g/mol. The van der Waals surface area contributed by atoms with Gasteiger partial charge in [0.2, 0.25) is 0 Å². The minimum atomic E-state index is -0.365. The fourth-order valence-corrected chi connectivity index (χ4v) is 1.67. The van der Waals surface area contributed by atoms with Crippen molar-refractivity contribution < 1.29 is 9.53 Å². The molecular formula is C16H23NO2. The molecule has 1 rings (SSSR count). The van der Waals surface area contributed by atoms with Crippen molar-refractivity contribution in [1.29, 1.82) is 0 Å². The van der Waals surface area contributed by atoms with E-state index in [1.165, 1.54) is 0 Å². The molecule has 19 heavy (non-hydrogen) atoms. The topological polar surface area (TPSA) is 38.3 Å². The molecule has 0 fully saturated rings. The lowest BCUT2D eigenvalue weighted by Crippen LogP contribution is -2.34. The van der Waals surface area contributed by atoms with Crippen LogP contribution in [0.1, 0.15) is 32.3 Å². The van der Waals surface area contributed by atoms with Gasteiger partial charge in [0.1, 0.15) is 6.61 Å². The standard InChI is InChI=1S/C16H23NO2/c1-4-5-11-16(2,3)13-17-15(18)19-12-14-9-7-6-8-10-14/h4,6-10H,1,5,11-13H2,2-3H3,(H,17,18).